The summed E-state index contributed by atoms with van der Waals surface area (Å²) in [6, 6.07) is 9.19. The summed E-state index contributed by atoms with van der Waals surface area (Å²) in [6.07, 6.45) is 1.40. The van der Waals surface area contributed by atoms with Crippen molar-refractivity contribution in [2.75, 3.05) is 0 Å². The van der Waals surface area contributed by atoms with Gasteiger partial charge in [-0.1, -0.05) is 23.7 Å². The molecule has 0 aliphatic carbocycles. The highest BCUT2D eigenvalue weighted by Gasteiger charge is 2.17. The molecule has 0 radical (unpaired) electrons. The molecular formula is C14H12ClN5OS. The van der Waals surface area contributed by atoms with Crippen molar-refractivity contribution >= 4 is 28.8 Å². The van der Waals surface area contributed by atoms with Crippen LogP contribution in [0.3, 0.4) is 0 Å². The van der Waals surface area contributed by atoms with Crippen molar-refractivity contribution in [1.82, 2.24) is 25.5 Å². The van der Waals surface area contributed by atoms with E-state index in [2.05, 4.69) is 20.8 Å². The Labute approximate surface area is 135 Å². The van der Waals surface area contributed by atoms with Gasteiger partial charge in [-0.3, -0.25) is 4.79 Å². The Morgan fingerprint density at radius 1 is 1.27 bits per heavy atom. The predicted molar refractivity (Wildman–Crippen MR) is 83.6 cm³/mol. The maximum absolute atomic E-state index is 12.2. The number of hydrogen-bond donors (Lipinski definition) is 1. The Morgan fingerprint density at radius 3 is 2.73 bits per heavy atom. The van der Waals surface area contributed by atoms with Gasteiger partial charge in [0, 0.05) is 5.02 Å². The van der Waals surface area contributed by atoms with Crippen molar-refractivity contribution in [3.05, 3.63) is 63.6 Å². The summed E-state index contributed by atoms with van der Waals surface area (Å²) in [4.78, 5) is 12.2. The fraction of sp³-hybridized carbons (Fsp3) is 0.143. The van der Waals surface area contributed by atoms with Gasteiger partial charge in [-0.15, -0.1) is 5.10 Å². The molecule has 6 nitrogen and oxygen atoms in total. The van der Waals surface area contributed by atoms with E-state index in [4.69, 9.17) is 11.6 Å². The molecule has 1 atom stereocenters. The molecule has 0 aliphatic rings. The lowest BCUT2D eigenvalue weighted by Gasteiger charge is -2.18. The third-order valence-corrected chi connectivity index (χ3v) is 4.04. The zero-order chi connectivity index (χ0) is 15.4. The number of nitrogens with one attached hydrogen (secondary N) is 1. The Kier molecular flexibility index (Phi) is 4.45. The molecule has 1 N–H and O–H groups in total. The molecule has 3 aromatic rings. The summed E-state index contributed by atoms with van der Waals surface area (Å²) >= 11 is 7.51. The normalized spacial score (nSPS) is 12.0. The van der Waals surface area contributed by atoms with Crippen LogP contribution in [0.2, 0.25) is 5.02 Å². The Bertz CT molecular complexity index is 727. The first-order chi connectivity index (χ1) is 10.7. The van der Waals surface area contributed by atoms with Gasteiger partial charge in [0.2, 0.25) is 5.91 Å². The fourth-order valence-electron chi connectivity index (χ4n) is 2.06. The molecule has 0 saturated carbocycles. The highest BCUT2D eigenvalue weighted by molar-refractivity contribution is 7.08. The molecule has 2 aromatic heterocycles. The first-order valence-corrected chi connectivity index (χ1v) is 7.82. The van der Waals surface area contributed by atoms with Crippen LogP contribution in [0.1, 0.15) is 17.2 Å². The SMILES string of the molecule is O=C(Cn1cnnn1)N[C@H](c1ccc(Cl)cc1)c1ccsc1. The summed E-state index contributed by atoms with van der Waals surface area (Å²) < 4.78 is 1.38. The van der Waals surface area contributed by atoms with Gasteiger partial charge >= 0.3 is 0 Å². The molecular weight excluding hydrogens is 322 g/mol. The average Bonchev–Trinajstić information content (AvgIpc) is 3.19. The molecule has 1 amide bonds. The molecule has 0 saturated heterocycles. The second-order valence-corrected chi connectivity index (χ2v) is 5.83. The zero-order valence-electron chi connectivity index (χ0n) is 11.4. The highest BCUT2D eigenvalue weighted by Crippen LogP contribution is 2.25. The number of carbonyl (C=O) groups is 1. The lowest BCUT2D eigenvalue weighted by molar-refractivity contribution is -0.122. The average molecular weight is 334 g/mol. The number of benzene rings is 1. The molecule has 0 aliphatic heterocycles. The predicted octanol–water partition coefficient (Wildman–Crippen LogP) is 2.29. The Morgan fingerprint density at radius 2 is 2.09 bits per heavy atom. The molecule has 8 heteroatoms. The number of carbonyl (C=O) groups excluding carboxylic acids is 1. The van der Waals surface area contributed by atoms with Crippen LogP contribution in [0.4, 0.5) is 0 Å². The fourth-order valence-corrected chi connectivity index (χ4v) is 2.87. The van der Waals surface area contributed by atoms with E-state index < -0.39 is 0 Å². The largest absolute Gasteiger partial charge is 0.344 e. The van der Waals surface area contributed by atoms with Gasteiger partial charge in [0.1, 0.15) is 12.9 Å². The smallest absolute Gasteiger partial charge is 0.242 e. The van der Waals surface area contributed by atoms with Gasteiger partial charge in [0.25, 0.3) is 0 Å². The van der Waals surface area contributed by atoms with Crippen molar-refractivity contribution in [1.29, 1.82) is 0 Å². The maximum atomic E-state index is 12.2. The quantitative estimate of drug-likeness (QED) is 0.777. The molecule has 0 spiro atoms. The minimum Gasteiger partial charge on any atom is -0.344 e. The van der Waals surface area contributed by atoms with Crippen LogP contribution in [0.25, 0.3) is 0 Å². The van der Waals surface area contributed by atoms with Gasteiger partial charge in [-0.2, -0.15) is 11.3 Å². The molecule has 112 valence electrons. The number of amides is 1. The standard InChI is InChI=1S/C14H12ClN5OS/c15-12-3-1-10(2-4-12)14(11-5-6-22-8-11)17-13(21)7-20-9-16-18-19-20/h1-6,8-9,14H,7H2,(H,17,21)/t14-/m1/s1. The molecule has 22 heavy (non-hydrogen) atoms. The van der Waals surface area contributed by atoms with Crippen molar-refractivity contribution in [3.63, 3.8) is 0 Å². The van der Waals surface area contributed by atoms with Gasteiger partial charge in [-0.05, 0) is 50.5 Å². The van der Waals surface area contributed by atoms with E-state index in [1.54, 1.807) is 11.3 Å². The van der Waals surface area contributed by atoms with E-state index in [-0.39, 0.29) is 18.5 Å². The van der Waals surface area contributed by atoms with Crippen LogP contribution in [-0.4, -0.2) is 26.1 Å². The van der Waals surface area contributed by atoms with Crippen LogP contribution in [0, 0.1) is 0 Å². The first-order valence-electron chi connectivity index (χ1n) is 6.50. The lowest BCUT2D eigenvalue weighted by atomic mass is 10.0. The van der Waals surface area contributed by atoms with Crippen molar-refractivity contribution in [2.24, 2.45) is 0 Å². The number of thiophene rings is 1. The second kappa shape index (κ2) is 6.67. The Balaban J connectivity index is 1.80. The minimum absolute atomic E-state index is 0.0707. The van der Waals surface area contributed by atoms with E-state index in [0.29, 0.717) is 5.02 Å². The van der Waals surface area contributed by atoms with Gasteiger partial charge in [0.05, 0.1) is 6.04 Å². The number of rotatable bonds is 5. The number of nitrogens with zero attached hydrogens (tertiary/aromatic N) is 4. The van der Waals surface area contributed by atoms with Crippen molar-refractivity contribution < 1.29 is 4.79 Å². The molecule has 2 heterocycles. The van der Waals surface area contributed by atoms with Gasteiger partial charge in [-0.25, -0.2) is 4.68 Å². The Hall–Kier alpha value is -2.25. The topological polar surface area (TPSA) is 72.7 Å². The second-order valence-electron chi connectivity index (χ2n) is 4.62. The summed E-state index contributed by atoms with van der Waals surface area (Å²) in [5.41, 5.74) is 1.99. The number of hydrogen-bond acceptors (Lipinski definition) is 5. The summed E-state index contributed by atoms with van der Waals surface area (Å²) in [7, 11) is 0. The summed E-state index contributed by atoms with van der Waals surface area (Å²) in [6.45, 7) is 0.0707. The van der Waals surface area contributed by atoms with E-state index >= 15 is 0 Å². The third kappa shape index (κ3) is 3.49. The maximum Gasteiger partial charge on any atom is 0.242 e. The van der Waals surface area contributed by atoms with Crippen LogP contribution in [0.5, 0.6) is 0 Å². The van der Waals surface area contributed by atoms with Crippen LogP contribution < -0.4 is 5.32 Å². The lowest BCUT2D eigenvalue weighted by Crippen LogP contribution is -2.32. The van der Waals surface area contributed by atoms with Gasteiger partial charge in [0.15, 0.2) is 0 Å². The minimum atomic E-state index is -0.229. The molecule has 3 rings (SSSR count). The summed E-state index contributed by atoms with van der Waals surface area (Å²) in [5, 5.41) is 18.4. The first kappa shape index (κ1) is 14.7. The highest BCUT2D eigenvalue weighted by atomic mass is 35.5. The monoisotopic (exact) mass is 333 g/mol. The van der Waals surface area contributed by atoms with Crippen LogP contribution in [0.15, 0.2) is 47.4 Å². The van der Waals surface area contributed by atoms with Crippen molar-refractivity contribution in [3.8, 4) is 0 Å². The number of aromatic nitrogens is 4. The molecule has 1 aromatic carbocycles. The summed E-state index contributed by atoms with van der Waals surface area (Å²) in [5.74, 6) is -0.168. The van der Waals surface area contributed by atoms with Crippen molar-refractivity contribution in [2.45, 2.75) is 12.6 Å². The van der Waals surface area contributed by atoms with E-state index in [0.717, 1.165) is 11.1 Å². The molecule has 0 unspecified atom stereocenters. The number of halogens is 1. The zero-order valence-corrected chi connectivity index (χ0v) is 13.0. The van der Waals surface area contributed by atoms with Crippen LogP contribution in [-0.2, 0) is 11.3 Å². The van der Waals surface area contributed by atoms with E-state index in [9.17, 15) is 4.79 Å². The van der Waals surface area contributed by atoms with E-state index in [1.807, 2.05) is 41.1 Å². The van der Waals surface area contributed by atoms with Crippen LogP contribution >= 0.6 is 22.9 Å². The van der Waals surface area contributed by atoms with E-state index in [1.165, 1.54) is 11.0 Å². The van der Waals surface area contributed by atoms with Gasteiger partial charge < -0.3 is 5.32 Å². The third-order valence-electron chi connectivity index (χ3n) is 3.08. The number of tetrazole rings is 1. The molecule has 0 bridgehead atoms. The molecule has 0 fully saturated rings.